The van der Waals surface area contributed by atoms with E-state index in [0.29, 0.717) is 33.5 Å². The number of allylic oxidation sites excluding steroid dienone is 3. The fourth-order valence-electron chi connectivity index (χ4n) is 13.7. The van der Waals surface area contributed by atoms with Crippen molar-refractivity contribution in [2.24, 2.45) is 56.7 Å². The zero-order chi connectivity index (χ0) is 34.3. The molecule has 9 atom stereocenters. The van der Waals surface area contributed by atoms with Crippen LogP contribution in [0.1, 0.15) is 116 Å². The Bertz CT molecular complexity index is 1600. The van der Waals surface area contributed by atoms with E-state index in [-0.39, 0.29) is 11.2 Å². The summed E-state index contributed by atoms with van der Waals surface area (Å²) in [5, 5.41) is 13.9. The lowest BCUT2D eigenvalue weighted by atomic mass is 9.32. The van der Waals surface area contributed by atoms with Crippen molar-refractivity contribution in [3.05, 3.63) is 78.4 Å². The molecule has 2 aromatic rings. The third-order valence-corrected chi connectivity index (χ3v) is 16.3. The Morgan fingerprint density at radius 1 is 0.938 bits per heavy atom. The maximum atomic E-state index is 9.93. The van der Waals surface area contributed by atoms with Crippen molar-refractivity contribution in [3.8, 4) is 0 Å². The standard InChI is InChI=1S/C44H63N3O/c1-29(2)34-16-21-44(28-45-24-26-47-27-25-46-31(47)4)23-22-42(8)36(39(34)44)14-15-38-41(7)19-17-35(33-12-10-32(11-13-33)30(3)48)40(5,6)37(41)18-20-43(38,42)9/h10-13,17,25,27,34,36-39,45,48H,1,3,14-16,18-24,26,28H2,2,4-9H3/t34-,36+,37-,38+,39+,41-,42+,43+,44+/m0/s1. The van der Waals surface area contributed by atoms with E-state index < -0.39 is 0 Å². The van der Waals surface area contributed by atoms with Crippen LogP contribution in [-0.2, 0) is 6.54 Å². The molecule has 4 saturated carbocycles. The minimum atomic E-state index is 0.100. The summed E-state index contributed by atoms with van der Waals surface area (Å²) in [5.41, 5.74) is 6.56. The highest BCUT2D eigenvalue weighted by Crippen LogP contribution is 2.77. The lowest BCUT2D eigenvalue weighted by Crippen LogP contribution is -2.65. The van der Waals surface area contributed by atoms with Gasteiger partial charge in [-0.05, 0) is 139 Å². The van der Waals surface area contributed by atoms with Crippen molar-refractivity contribution in [1.29, 1.82) is 0 Å². The van der Waals surface area contributed by atoms with Gasteiger partial charge in [-0.1, -0.05) is 83.7 Å². The van der Waals surface area contributed by atoms with Crippen molar-refractivity contribution in [3.63, 3.8) is 0 Å². The SMILES string of the molecule is C=C(O)c1ccc(C2=CC[C@]3(C)[C@H]4CC[C@@H]5[C@H]6[C@H](C(=C)C)CC[C@]6(CNCCn6ccnc6C)CC[C@@]5(C)[C@]4(C)CC[C@H]3C2(C)C)cc1. The first kappa shape index (κ1) is 33.9. The van der Waals surface area contributed by atoms with Crippen LogP contribution in [0.25, 0.3) is 11.3 Å². The number of hydrogen-bond acceptors (Lipinski definition) is 3. The van der Waals surface area contributed by atoms with Gasteiger partial charge in [-0.3, -0.25) is 0 Å². The first-order chi connectivity index (χ1) is 22.7. The Morgan fingerprint density at radius 2 is 1.69 bits per heavy atom. The highest BCUT2D eigenvalue weighted by Gasteiger charge is 2.70. The average molecular weight is 650 g/mol. The molecule has 2 N–H and O–H groups in total. The summed E-state index contributed by atoms with van der Waals surface area (Å²) in [5.74, 6) is 4.84. The van der Waals surface area contributed by atoms with E-state index in [4.69, 9.17) is 0 Å². The molecule has 4 heteroatoms. The van der Waals surface area contributed by atoms with E-state index in [9.17, 15) is 5.11 Å². The molecule has 7 rings (SSSR count). The maximum Gasteiger partial charge on any atom is 0.115 e. The predicted molar refractivity (Wildman–Crippen MR) is 200 cm³/mol. The second-order valence-electron chi connectivity index (χ2n) is 18.5. The first-order valence-corrected chi connectivity index (χ1v) is 19.2. The van der Waals surface area contributed by atoms with Crippen LogP contribution in [-0.4, -0.2) is 27.7 Å². The Morgan fingerprint density at radius 3 is 2.35 bits per heavy atom. The molecule has 5 aliphatic rings. The van der Waals surface area contributed by atoms with Crippen molar-refractivity contribution in [2.45, 2.75) is 113 Å². The number of rotatable bonds is 8. The Labute approximate surface area is 291 Å². The Kier molecular flexibility index (Phi) is 8.29. The topological polar surface area (TPSA) is 50.1 Å². The quantitative estimate of drug-likeness (QED) is 0.170. The van der Waals surface area contributed by atoms with Gasteiger partial charge in [0.15, 0.2) is 0 Å². The number of aliphatic hydroxyl groups excluding tert-OH is 1. The third-order valence-electron chi connectivity index (χ3n) is 16.3. The molecule has 0 aliphatic heterocycles. The molecule has 4 fully saturated rings. The number of aryl methyl sites for hydroxylation is 1. The van der Waals surface area contributed by atoms with E-state index in [1.165, 1.54) is 74.5 Å². The zero-order valence-electron chi connectivity index (χ0n) is 31.2. The average Bonchev–Trinajstić information content (AvgIpc) is 3.63. The summed E-state index contributed by atoms with van der Waals surface area (Å²) in [7, 11) is 0. The van der Waals surface area contributed by atoms with Crippen LogP contribution in [0.2, 0.25) is 0 Å². The van der Waals surface area contributed by atoms with Gasteiger partial charge in [-0.2, -0.15) is 0 Å². The van der Waals surface area contributed by atoms with Crippen molar-refractivity contribution < 1.29 is 5.11 Å². The third kappa shape index (κ3) is 4.89. The van der Waals surface area contributed by atoms with Crippen molar-refractivity contribution >= 4 is 11.3 Å². The summed E-state index contributed by atoms with van der Waals surface area (Å²) < 4.78 is 2.28. The maximum absolute atomic E-state index is 9.93. The molecule has 0 radical (unpaired) electrons. The van der Waals surface area contributed by atoms with Gasteiger partial charge >= 0.3 is 0 Å². The molecule has 0 saturated heterocycles. The zero-order valence-corrected chi connectivity index (χ0v) is 31.2. The monoisotopic (exact) mass is 649 g/mol. The van der Waals surface area contributed by atoms with Gasteiger partial charge in [-0.15, -0.1) is 0 Å². The van der Waals surface area contributed by atoms with E-state index >= 15 is 0 Å². The highest BCUT2D eigenvalue weighted by atomic mass is 16.3. The van der Waals surface area contributed by atoms with Crippen LogP contribution in [0.3, 0.4) is 0 Å². The summed E-state index contributed by atoms with van der Waals surface area (Å²) in [6.07, 6.45) is 18.7. The molecule has 1 aromatic heterocycles. The summed E-state index contributed by atoms with van der Waals surface area (Å²) in [6.45, 7) is 29.3. The lowest BCUT2D eigenvalue weighted by Gasteiger charge is -2.72. The molecule has 1 aromatic carbocycles. The van der Waals surface area contributed by atoms with Crippen molar-refractivity contribution in [2.75, 3.05) is 13.1 Å². The fraction of sp³-hybridized carbons (Fsp3) is 0.659. The van der Waals surface area contributed by atoms with Crippen LogP contribution in [0.5, 0.6) is 0 Å². The molecule has 0 spiro atoms. The second-order valence-corrected chi connectivity index (χ2v) is 18.5. The summed E-state index contributed by atoms with van der Waals surface area (Å²) >= 11 is 0. The summed E-state index contributed by atoms with van der Waals surface area (Å²) in [6, 6.07) is 8.47. The van der Waals surface area contributed by atoms with Gasteiger partial charge in [0.05, 0.1) is 0 Å². The first-order valence-electron chi connectivity index (χ1n) is 19.2. The number of aromatic nitrogens is 2. The second kappa shape index (κ2) is 11.7. The van der Waals surface area contributed by atoms with E-state index in [1.807, 2.05) is 18.3 Å². The van der Waals surface area contributed by atoms with Crippen LogP contribution < -0.4 is 5.32 Å². The molecule has 0 unspecified atom stereocenters. The molecule has 0 bridgehead atoms. The number of benzene rings is 1. The number of nitrogens with zero attached hydrogens (tertiary/aromatic N) is 2. The normalized spacial score (nSPS) is 39.8. The predicted octanol–water partition coefficient (Wildman–Crippen LogP) is 10.7. The van der Waals surface area contributed by atoms with Crippen LogP contribution in [0, 0.1) is 63.6 Å². The molecule has 5 aliphatic carbocycles. The van der Waals surface area contributed by atoms with Gasteiger partial charge in [0, 0.05) is 37.6 Å². The van der Waals surface area contributed by atoms with E-state index in [2.05, 4.69) is 101 Å². The molecule has 48 heavy (non-hydrogen) atoms. The molecule has 1 heterocycles. The Hall–Kier alpha value is -2.59. The fourth-order valence-corrected chi connectivity index (χ4v) is 13.7. The van der Waals surface area contributed by atoms with Crippen LogP contribution in [0.4, 0.5) is 0 Å². The largest absolute Gasteiger partial charge is 0.508 e. The van der Waals surface area contributed by atoms with E-state index in [1.54, 1.807) is 0 Å². The van der Waals surface area contributed by atoms with Crippen LogP contribution >= 0.6 is 0 Å². The van der Waals surface area contributed by atoms with Gasteiger partial charge in [0.25, 0.3) is 0 Å². The number of imidazole rings is 1. The van der Waals surface area contributed by atoms with Gasteiger partial charge < -0.3 is 15.0 Å². The summed E-state index contributed by atoms with van der Waals surface area (Å²) in [4.78, 5) is 4.43. The molecule has 4 nitrogen and oxygen atoms in total. The van der Waals surface area contributed by atoms with E-state index in [0.717, 1.165) is 48.8 Å². The molecular weight excluding hydrogens is 587 g/mol. The minimum Gasteiger partial charge on any atom is -0.508 e. The highest BCUT2D eigenvalue weighted by molar-refractivity contribution is 5.73. The lowest BCUT2D eigenvalue weighted by molar-refractivity contribution is -0.225. The van der Waals surface area contributed by atoms with Crippen LogP contribution in [0.15, 0.2) is 61.5 Å². The molecule has 260 valence electrons. The minimum absolute atomic E-state index is 0.100. The van der Waals surface area contributed by atoms with Crippen molar-refractivity contribution in [1.82, 2.24) is 14.9 Å². The molecular formula is C44H63N3O. The van der Waals surface area contributed by atoms with Gasteiger partial charge in [0.1, 0.15) is 11.6 Å². The number of hydrogen-bond donors (Lipinski definition) is 2. The van der Waals surface area contributed by atoms with Gasteiger partial charge in [-0.25, -0.2) is 4.98 Å². The Balaban J connectivity index is 1.16. The number of nitrogens with one attached hydrogen (secondary N) is 1. The number of aliphatic hydroxyl groups is 1. The smallest absolute Gasteiger partial charge is 0.115 e. The number of fused-ring (bicyclic) bond motifs is 7. The van der Waals surface area contributed by atoms with Gasteiger partial charge in [0.2, 0.25) is 0 Å². The molecule has 0 amide bonds.